The van der Waals surface area contributed by atoms with Crippen LogP contribution < -0.4 is 0 Å². The fourth-order valence-corrected chi connectivity index (χ4v) is 2.46. The predicted molar refractivity (Wildman–Crippen MR) is 69.2 cm³/mol. The molecule has 2 aromatic heterocycles. The van der Waals surface area contributed by atoms with Crippen LogP contribution in [-0.4, -0.2) is 9.97 Å². The number of aromatic amines is 1. The van der Waals surface area contributed by atoms with Crippen molar-refractivity contribution in [3.63, 3.8) is 0 Å². The molecule has 0 radical (unpaired) electrons. The Morgan fingerprint density at radius 2 is 2.00 bits per heavy atom. The zero-order chi connectivity index (χ0) is 11.8. The summed E-state index contributed by atoms with van der Waals surface area (Å²) in [6.07, 6.45) is 3.60. The van der Waals surface area contributed by atoms with E-state index in [9.17, 15) is 4.39 Å². The van der Waals surface area contributed by atoms with E-state index in [1.165, 1.54) is 12.1 Å². The van der Waals surface area contributed by atoms with Gasteiger partial charge in [-0.15, -0.1) is 0 Å². The predicted octanol–water partition coefficient (Wildman–Crippen LogP) is 4.13. The summed E-state index contributed by atoms with van der Waals surface area (Å²) in [5.41, 5.74) is 3.81. The molecule has 3 rings (SSSR count). The topological polar surface area (TPSA) is 28.7 Å². The van der Waals surface area contributed by atoms with Crippen molar-refractivity contribution in [1.82, 2.24) is 9.97 Å². The number of nitrogens with one attached hydrogen (secondary N) is 1. The first-order valence-corrected chi connectivity index (χ1v) is 5.92. The van der Waals surface area contributed by atoms with Crippen molar-refractivity contribution < 1.29 is 4.39 Å². The molecular formula is C13H8BrFN2. The summed E-state index contributed by atoms with van der Waals surface area (Å²) < 4.78 is 13.8. The summed E-state index contributed by atoms with van der Waals surface area (Å²) in [5.74, 6) is -0.252. The monoisotopic (exact) mass is 290 g/mol. The van der Waals surface area contributed by atoms with Crippen LogP contribution in [0.15, 0.2) is 47.2 Å². The minimum absolute atomic E-state index is 0.252. The van der Waals surface area contributed by atoms with Crippen LogP contribution in [-0.2, 0) is 0 Å². The first-order chi connectivity index (χ1) is 8.25. The molecule has 0 unspecified atom stereocenters. The van der Waals surface area contributed by atoms with Gasteiger partial charge in [0.05, 0.1) is 11.0 Å². The summed E-state index contributed by atoms with van der Waals surface area (Å²) in [5, 5.41) is 0. The molecule has 2 nitrogen and oxygen atoms in total. The van der Waals surface area contributed by atoms with Gasteiger partial charge in [-0.1, -0.05) is 22.0 Å². The number of benzene rings is 1. The number of H-pyrrole nitrogens is 1. The molecule has 0 spiro atoms. The zero-order valence-electron chi connectivity index (χ0n) is 8.74. The second kappa shape index (κ2) is 3.96. The van der Waals surface area contributed by atoms with Crippen LogP contribution in [0.3, 0.4) is 0 Å². The third-order valence-corrected chi connectivity index (χ3v) is 3.33. The van der Waals surface area contributed by atoms with E-state index in [0.717, 1.165) is 26.6 Å². The molecule has 84 valence electrons. The smallest absolute Gasteiger partial charge is 0.124 e. The Morgan fingerprint density at radius 1 is 1.12 bits per heavy atom. The lowest BCUT2D eigenvalue weighted by Gasteiger charge is -2.06. The molecular weight excluding hydrogens is 283 g/mol. The van der Waals surface area contributed by atoms with E-state index in [1.807, 2.05) is 18.3 Å². The molecule has 3 aromatic rings. The van der Waals surface area contributed by atoms with Crippen molar-refractivity contribution in [2.75, 3.05) is 0 Å². The Labute approximate surface area is 106 Å². The quantitative estimate of drug-likeness (QED) is 0.717. The van der Waals surface area contributed by atoms with Crippen molar-refractivity contribution in [3.8, 4) is 11.1 Å². The highest BCUT2D eigenvalue weighted by Gasteiger charge is 2.09. The summed E-state index contributed by atoms with van der Waals surface area (Å²) >= 11 is 3.38. The number of rotatable bonds is 1. The number of halogens is 2. The van der Waals surface area contributed by atoms with Gasteiger partial charge < -0.3 is 4.98 Å². The lowest BCUT2D eigenvalue weighted by atomic mass is 10.1. The Morgan fingerprint density at radius 3 is 2.82 bits per heavy atom. The molecule has 0 bridgehead atoms. The van der Waals surface area contributed by atoms with Crippen LogP contribution in [0.1, 0.15) is 0 Å². The van der Waals surface area contributed by atoms with Crippen LogP contribution in [0.25, 0.3) is 22.2 Å². The maximum atomic E-state index is 13.1. The summed E-state index contributed by atoms with van der Waals surface area (Å²) in [7, 11) is 0. The maximum Gasteiger partial charge on any atom is 0.124 e. The van der Waals surface area contributed by atoms with Crippen molar-refractivity contribution in [1.29, 1.82) is 0 Å². The molecule has 0 aliphatic heterocycles. The standard InChI is InChI=1S/C13H8BrFN2/c14-11-7-8(15)1-2-9(11)10-3-5-16-12-4-6-17-13(10)12/h1-7,17H. The van der Waals surface area contributed by atoms with Gasteiger partial charge in [-0.05, 0) is 29.8 Å². The molecule has 0 amide bonds. The minimum Gasteiger partial charge on any atom is -0.359 e. The molecule has 0 saturated heterocycles. The van der Waals surface area contributed by atoms with Crippen LogP contribution in [0.5, 0.6) is 0 Å². The van der Waals surface area contributed by atoms with Crippen LogP contribution >= 0.6 is 15.9 Å². The first-order valence-electron chi connectivity index (χ1n) is 5.13. The number of hydrogen-bond acceptors (Lipinski definition) is 1. The van der Waals surface area contributed by atoms with Gasteiger partial charge >= 0.3 is 0 Å². The molecule has 0 aliphatic carbocycles. The van der Waals surface area contributed by atoms with Crippen molar-refractivity contribution in [2.45, 2.75) is 0 Å². The Hall–Kier alpha value is -1.68. The molecule has 1 N–H and O–H groups in total. The minimum atomic E-state index is -0.252. The van der Waals surface area contributed by atoms with Crippen LogP contribution in [0, 0.1) is 5.82 Å². The second-order valence-electron chi connectivity index (χ2n) is 3.72. The number of aromatic nitrogens is 2. The van der Waals surface area contributed by atoms with E-state index in [4.69, 9.17) is 0 Å². The highest BCUT2D eigenvalue weighted by Crippen LogP contribution is 2.32. The van der Waals surface area contributed by atoms with Crippen molar-refractivity contribution >= 4 is 27.0 Å². The molecule has 0 fully saturated rings. The van der Waals surface area contributed by atoms with Crippen molar-refractivity contribution in [2.24, 2.45) is 0 Å². The van der Waals surface area contributed by atoms with Gasteiger partial charge in [-0.2, -0.15) is 0 Å². The summed E-state index contributed by atoms with van der Waals surface area (Å²) in [4.78, 5) is 7.41. The molecule has 1 aromatic carbocycles. The molecule has 0 aliphatic rings. The Bertz CT molecular complexity index is 691. The molecule has 0 atom stereocenters. The van der Waals surface area contributed by atoms with Gasteiger partial charge in [0.1, 0.15) is 5.82 Å². The molecule has 4 heteroatoms. The van der Waals surface area contributed by atoms with Gasteiger partial charge in [-0.3, -0.25) is 4.98 Å². The largest absolute Gasteiger partial charge is 0.359 e. The highest BCUT2D eigenvalue weighted by atomic mass is 79.9. The van der Waals surface area contributed by atoms with Gasteiger partial charge in [0.15, 0.2) is 0 Å². The number of hydrogen-bond donors (Lipinski definition) is 1. The average molecular weight is 291 g/mol. The van der Waals surface area contributed by atoms with Gasteiger partial charge in [0.2, 0.25) is 0 Å². The molecule has 17 heavy (non-hydrogen) atoms. The zero-order valence-corrected chi connectivity index (χ0v) is 10.3. The number of nitrogens with zero attached hydrogens (tertiary/aromatic N) is 1. The highest BCUT2D eigenvalue weighted by molar-refractivity contribution is 9.10. The van der Waals surface area contributed by atoms with Gasteiger partial charge in [0.25, 0.3) is 0 Å². The fourth-order valence-electron chi connectivity index (χ4n) is 1.89. The lowest BCUT2D eigenvalue weighted by molar-refractivity contribution is 0.627. The van der Waals surface area contributed by atoms with E-state index in [2.05, 4.69) is 25.9 Å². The third kappa shape index (κ3) is 1.74. The summed E-state index contributed by atoms with van der Waals surface area (Å²) in [6.45, 7) is 0. The van der Waals surface area contributed by atoms with E-state index in [1.54, 1.807) is 12.3 Å². The molecule has 2 heterocycles. The SMILES string of the molecule is Fc1ccc(-c2ccnc3cc[nH]c23)c(Br)c1. The first kappa shape index (κ1) is 10.5. The van der Waals surface area contributed by atoms with Gasteiger partial charge in [-0.25, -0.2) is 4.39 Å². The normalized spacial score (nSPS) is 10.9. The van der Waals surface area contributed by atoms with E-state index < -0.39 is 0 Å². The van der Waals surface area contributed by atoms with Crippen molar-refractivity contribution in [3.05, 3.63) is 53.0 Å². The fraction of sp³-hybridized carbons (Fsp3) is 0. The lowest BCUT2D eigenvalue weighted by Crippen LogP contribution is -1.85. The summed E-state index contributed by atoms with van der Waals surface area (Å²) in [6, 6.07) is 8.50. The van der Waals surface area contributed by atoms with E-state index >= 15 is 0 Å². The Balaban J connectivity index is 2.30. The van der Waals surface area contributed by atoms with E-state index in [0.29, 0.717) is 0 Å². The average Bonchev–Trinajstić information content (AvgIpc) is 2.77. The Kier molecular flexibility index (Phi) is 2.44. The van der Waals surface area contributed by atoms with E-state index in [-0.39, 0.29) is 5.82 Å². The second-order valence-corrected chi connectivity index (χ2v) is 4.57. The molecule has 0 saturated carbocycles. The number of pyridine rings is 1. The van der Waals surface area contributed by atoms with Crippen LogP contribution in [0.4, 0.5) is 4.39 Å². The third-order valence-electron chi connectivity index (χ3n) is 2.67. The maximum absolute atomic E-state index is 13.1. The number of fused-ring (bicyclic) bond motifs is 1. The van der Waals surface area contributed by atoms with Crippen LogP contribution in [0.2, 0.25) is 0 Å². The van der Waals surface area contributed by atoms with Gasteiger partial charge in [0, 0.05) is 22.4 Å².